The predicted molar refractivity (Wildman–Crippen MR) is 40.0 cm³/mol. The Morgan fingerprint density at radius 3 is 2.27 bits per heavy atom. The van der Waals surface area contributed by atoms with Crippen molar-refractivity contribution in [3.05, 3.63) is 0 Å². The van der Waals surface area contributed by atoms with Crippen LogP contribution in [0.25, 0.3) is 0 Å². The number of nitrogens with two attached hydrogens (primary N) is 2. The fourth-order valence-corrected chi connectivity index (χ4v) is 0.538. The van der Waals surface area contributed by atoms with Gasteiger partial charge in [0.1, 0.15) is 0 Å². The molecule has 64 valence electrons. The molecule has 0 spiro atoms. The van der Waals surface area contributed by atoms with Gasteiger partial charge in [0.2, 0.25) is 0 Å². The van der Waals surface area contributed by atoms with Gasteiger partial charge in [0.15, 0.2) is 0 Å². The van der Waals surface area contributed by atoms with Crippen LogP contribution in [0.5, 0.6) is 0 Å². The van der Waals surface area contributed by atoms with Gasteiger partial charge in [0.05, 0.1) is 12.1 Å². The summed E-state index contributed by atoms with van der Waals surface area (Å²) in [5.74, 6) is -0.948. The van der Waals surface area contributed by atoms with Crippen molar-refractivity contribution in [3.8, 4) is 12.3 Å². The molecule has 0 aliphatic heterocycles. The van der Waals surface area contributed by atoms with Gasteiger partial charge in [-0.05, 0) is 6.92 Å². The quantitative estimate of drug-likeness (QED) is 0.587. The molecule has 0 amide bonds. The average Bonchev–Trinajstić information content (AvgIpc) is 1.86. The Kier molecular flexibility index (Phi) is 3.43. The van der Waals surface area contributed by atoms with E-state index in [1.165, 1.54) is 6.92 Å². The Morgan fingerprint density at radius 2 is 2.00 bits per heavy atom. The van der Waals surface area contributed by atoms with Gasteiger partial charge in [-0.3, -0.25) is 0 Å². The molecule has 4 heteroatoms. The number of rotatable bonds is 3. The first-order valence-corrected chi connectivity index (χ1v) is 3.25. The Hall–Kier alpha value is -0.660. The zero-order chi connectivity index (χ0) is 9.07. The molecule has 0 saturated carbocycles. The molecule has 2 atom stereocenters. The van der Waals surface area contributed by atoms with Crippen LogP contribution in [0.1, 0.15) is 13.3 Å². The minimum absolute atomic E-state index is 0.554. The number of hydrogen-bond acceptors (Lipinski definition) is 2. The summed E-state index contributed by atoms with van der Waals surface area (Å²) in [5, 5.41) is 0. The maximum atomic E-state index is 12.7. The summed E-state index contributed by atoms with van der Waals surface area (Å²) >= 11 is 0. The summed E-state index contributed by atoms with van der Waals surface area (Å²) in [7, 11) is 0. The van der Waals surface area contributed by atoms with Crippen LogP contribution in [0.3, 0.4) is 0 Å². The fraction of sp³-hybridized carbons (Fsp3) is 0.714. The van der Waals surface area contributed by atoms with Gasteiger partial charge >= 0.3 is 0 Å². The lowest BCUT2D eigenvalue weighted by Gasteiger charge is -2.21. The number of halogens is 2. The van der Waals surface area contributed by atoms with Crippen molar-refractivity contribution in [2.75, 3.05) is 0 Å². The molecule has 11 heavy (non-hydrogen) atoms. The van der Waals surface area contributed by atoms with E-state index in [0.717, 1.165) is 0 Å². The van der Waals surface area contributed by atoms with E-state index in [4.69, 9.17) is 17.9 Å². The maximum absolute atomic E-state index is 12.7. The lowest BCUT2D eigenvalue weighted by molar-refractivity contribution is -0.0294. The summed E-state index contributed by atoms with van der Waals surface area (Å²) in [5.41, 5.74) is 10.1. The molecule has 0 rings (SSSR count). The first-order chi connectivity index (χ1) is 4.90. The lowest BCUT2D eigenvalue weighted by Crippen LogP contribution is -2.42. The third kappa shape index (κ3) is 3.30. The van der Waals surface area contributed by atoms with Crippen LogP contribution in [0.4, 0.5) is 8.78 Å². The van der Waals surface area contributed by atoms with Crippen LogP contribution >= 0.6 is 0 Å². The standard InChI is InChI=1S/C7H12F2N2/c1-3-6(11)4-7(8,9)5(2)10/h1,5-6H,4,10-11H2,2H3. The molecular formula is C7H12F2N2. The molecule has 0 aliphatic rings. The lowest BCUT2D eigenvalue weighted by atomic mass is 10.0. The smallest absolute Gasteiger partial charge is 0.265 e. The highest BCUT2D eigenvalue weighted by Gasteiger charge is 2.35. The van der Waals surface area contributed by atoms with Crippen molar-refractivity contribution in [2.45, 2.75) is 31.4 Å². The highest BCUT2D eigenvalue weighted by molar-refractivity contribution is 4.99. The Labute approximate surface area is 64.9 Å². The van der Waals surface area contributed by atoms with Crippen molar-refractivity contribution in [2.24, 2.45) is 11.5 Å². The van der Waals surface area contributed by atoms with Crippen LogP contribution in [0.15, 0.2) is 0 Å². The van der Waals surface area contributed by atoms with Crippen molar-refractivity contribution < 1.29 is 8.78 Å². The zero-order valence-corrected chi connectivity index (χ0v) is 6.35. The van der Waals surface area contributed by atoms with Crippen LogP contribution in [-0.2, 0) is 0 Å². The summed E-state index contributed by atoms with van der Waals surface area (Å²) < 4.78 is 25.4. The third-order valence-electron chi connectivity index (χ3n) is 1.37. The van der Waals surface area contributed by atoms with Gasteiger partial charge in [-0.1, -0.05) is 5.92 Å². The molecule has 0 aromatic heterocycles. The summed E-state index contributed by atoms with van der Waals surface area (Å²) in [4.78, 5) is 0. The largest absolute Gasteiger partial charge is 0.323 e. The molecule has 0 heterocycles. The highest BCUT2D eigenvalue weighted by Crippen LogP contribution is 2.22. The van der Waals surface area contributed by atoms with Crippen LogP contribution in [-0.4, -0.2) is 18.0 Å². The minimum atomic E-state index is -2.97. The fourth-order valence-electron chi connectivity index (χ4n) is 0.538. The first-order valence-electron chi connectivity index (χ1n) is 3.25. The van der Waals surface area contributed by atoms with E-state index in [2.05, 4.69) is 0 Å². The van der Waals surface area contributed by atoms with Crippen molar-refractivity contribution in [3.63, 3.8) is 0 Å². The molecule has 0 aromatic rings. The Morgan fingerprint density at radius 1 is 1.55 bits per heavy atom. The van der Waals surface area contributed by atoms with Crippen LogP contribution in [0, 0.1) is 12.3 Å². The van der Waals surface area contributed by atoms with E-state index < -0.39 is 24.4 Å². The number of terminal acetylenes is 1. The first kappa shape index (κ1) is 10.3. The minimum Gasteiger partial charge on any atom is -0.323 e. The topological polar surface area (TPSA) is 52.0 Å². The van der Waals surface area contributed by atoms with Crippen LogP contribution < -0.4 is 11.5 Å². The normalized spacial score (nSPS) is 17.1. The van der Waals surface area contributed by atoms with Gasteiger partial charge in [0, 0.05) is 6.42 Å². The van der Waals surface area contributed by atoms with Gasteiger partial charge in [-0.25, -0.2) is 8.78 Å². The van der Waals surface area contributed by atoms with E-state index in [-0.39, 0.29) is 0 Å². The Bertz CT molecular complexity index is 160. The molecule has 4 N–H and O–H groups in total. The van der Waals surface area contributed by atoms with Crippen LogP contribution in [0.2, 0.25) is 0 Å². The summed E-state index contributed by atoms with van der Waals surface area (Å²) in [6, 6.07) is -2.13. The van der Waals surface area contributed by atoms with Gasteiger partial charge in [-0.15, -0.1) is 6.42 Å². The zero-order valence-electron chi connectivity index (χ0n) is 6.35. The Balaban J connectivity index is 4.04. The van der Waals surface area contributed by atoms with E-state index >= 15 is 0 Å². The van der Waals surface area contributed by atoms with E-state index in [1.807, 2.05) is 5.92 Å². The molecule has 0 fully saturated rings. The average molecular weight is 162 g/mol. The van der Waals surface area contributed by atoms with Gasteiger partial charge in [-0.2, -0.15) is 0 Å². The SMILES string of the molecule is C#CC(N)CC(F)(F)C(C)N. The molecule has 0 aliphatic carbocycles. The molecule has 0 bridgehead atoms. The van der Waals surface area contributed by atoms with Crippen molar-refractivity contribution in [1.29, 1.82) is 0 Å². The van der Waals surface area contributed by atoms with E-state index in [9.17, 15) is 8.78 Å². The highest BCUT2D eigenvalue weighted by atomic mass is 19.3. The monoisotopic (exact) mass is 162 g/mol. The molecular weight excluding hydrogens is 150 g/mol. The molecule has 2 nitrogen and oxygen atoms in total. The maximum Gasteiger partial charge on any atom is 0.265 e. The van der Waals surface area contributed by atoms with Gasteiger partial charge < -0.3 is 11.5 Å². The second kappa shape index (κ2) is 3.65. The van der Waals surface area contributed by atoms with Gasteiger partial charge in [0.25, 0.3) is 5.92 Å². The number of hydrogen-bond donors (Lipinski definition) is 2. The van der Waals surface area contributed by atoms with E-state index in [0.29, 0.717) is 0 Å². The third-order valence-corrected chi connectivity index (χ3v) is 1.37. The summed E-state index contributed by atoms with van der Waals surface area (Å²) in [6.07, 6.45) is 4.28. The molecule has 0 saturated heterocycles. The van der Waals surface area contributed by atoms with E-state index in [1.54, 1.807) is 0 Å². The second-order valence-corrected chi connectivity index (χ2v) is 2.53. The summed E-state index contributed by atoms with van der Waals surface area (Å²) in [6.45, 7) is 1.23. The number of alkyl halides is 2. The second-order valence-electron chi connectivity index (χ2n) is 2.53. The molecule has 0 aromatic carbocycles. The predicted octanol–water partition coefficient (Wildman–Crippen LogP) is 0.319. The van der Waals surface area contributed by atoms with Crippen molar-refractivity contribution in [1.82, 2.24) is 0 Å². The molecule has 0 radical (unpaired) electrons. The molecule has 2 unspecified atom stereocenters. The van der Waals surface area contributed by atoms with Crippen molar-refractivity contribution >= 4 is 0 Å².